The minimum absolute atomic E-state index is 0.0192. The van der Waals surface area contributed by atoms with E-state index >= 15 is 0 Å². The van der Waals surface area contributed by atoms with Crippen molar-refractivity contribution >= 4 is 18.7 Å². The standard InChI is InChI=1S/C24H31F2N3O5.C15H23NO/c25-19-6-18(7-20(26)9-19)8-23(28-15-31)24(34)11-27-21(10-22(33)14-30)13-29(16-32)12-17-4-2-1-3-5-17;1-5-7-16(8-6-2)15(17)14-10-12(3)9-13(4)11-14/h1-7,9,15-16,21-24,27,30,33-34H,8,10-14H2,(H,28,31);9-11H,5-8H2,1-4H3/t21?,22?,23-,24+;/m0./s1. The van der Waals surface area contributed by atoms with Crippen LogP contribution in [0.1, 0.15) is 65.7 Å². The monoisotopic (exact) mass is 712 g/mol. The molecule has 4 atom stereocenters. The molecule has 0 aliphatic carbocycles. The van der Waals surface area contributed by atoms with Crippen molar-refractivity contribution in [2.75, 3.05) is 32.8 Å². The van der Waals surface area contributed by atoms with Gasteiger partial charge < -0.3 is 35.8 Å². The highest BCUT2D eigenvalue weighted by Gasteiger charge is 2.23. The number of halogens is 2. The lowest BCUT2D eigenvalue weighted by Crippen LogP contribution is -2.50. The van der Waals surface area contributed by atoms with Crippen molar-refractivity contribution in [3.05, 3.63) is 106 Å². The molecule has 2 unspecified atom stereocenters. The molecule has 0 aliphatic heterocycles. The van der Waals surface area contributed by atoms with Crippen molar-refractivity contribution in [3.63, 3.8) is 0 Å². The van der Waals surface area contributed by atoms with Gasteiger partial charge in [-0.05, 0) is 74.9 Å². The van der Waals surface area contributed by atoms with Crippen LogP contribution in [0.2, 0.25) is 0 Å². The number of aliphatic hydroxyl groups is 3. The molecule has 10 nitrogen and oxygen atoms in total. The highest BCUT2D eigenvalue weighted by molar-refractivity contribution is 5.94. The van der Waals surface area contributed by atoms with Gasteiger partial charge in [0.1, 0.15) is 11.6 Å². The fourth-order valence-electron chi connectivity index (χ4n) is 5.81. The quantitative estimate of drug-likeness (QED) is 0.106. The fourth-order valence-corrected chi connectivity index (χ4v) is 5.81. The van der Waals surface area contributed by atoms with Crippen LogP contribution in [0.3, 0.4) is 0 Å². The van der Waals surface area contributed by atoms with Gasteiger partial charge in [0.15, 0.2) is 0 Å². The van der Waals surface area contributed by atoms with E-state index in [1.807, 2.05) is 61.2 Å². The van der Waals surface area contributed by atoms with Crippen molar-refractivity contribution in [2.45, 2.75) is 84.2 Å². The minimum Gasteiger partial charge on any atom is -0.394 e. The van der Waals surface area contributed by atoms with Crippen LogP contribution in [-0.2, 0) is 22.6 Å². The number of aliphatic hydroxyl groups excluding tert-OH is 3. The van der Waals surface area contributed by atoms with Crippen LogP contribution in [0.25, 0.3) is 0 Å². The van der Waals surface area contributed by atoms with Crippen LogP contribution in [-0.4, -0.2) is 101 Å². The van der Waals surface area contributed by atoms with E-state index < -0.39 is 42.5 Å². The number of carbonyl (C=O) groups excluding carboxylic acids is 3. The molecule has 0 aliphatic rings. The van der Waals surface area contributed by atoms with E-state index in [2.05, 4.69) is 30.5 Å². The molecule has 12 heteroatoms. The average molecular weight is 713 g/mol. The number of hydrogen-bond donors (Lipinski definition) is 5. The summed E-state index contributed by atoms with van der Waals surface area (Å²) >= 11 is 0. The number of rotatable bonds is 21. The Balaban J connectivity index is 0.000000444. The summed E-state index contributed by atoms with van der Waals surface area (Å²) in [5.41, 5.74) is 4.30. The van der Waals surface area contributed by atoms with Crippen molar-refractivity contribution in [2.24, 2.45) is 0 Å². The van der Waals surface area contributed by atoms with Crippen LogP contribution >= 0.6 is 0 Å². The van der Waals surface area contributed by atoms with E-state index in [1.54, 1.807) is 0 Å². The molecule has 0 aromatic heterocycles. The zero-order chi connectivity index (χ0) is 37.8. The Labute approximate surface area is 300 Å². The van der Waals surface area contributed by atoms with Gasteiger partial charge in [0, 0.05) is 50.4 Å². The Morgan fingerprint density at radius 2 is 1.49 bits per heavy atom. The van der Waals surface area contributed by atoms with Gasteiger partial charge in [0.25, 0.3) is 5.91 Å². The summed E-state index contributed by atoms with van der Waals surface area (Å²) in [6.07, 6.45) is 0.983. The van der Waals surface area contributed by atoms with Gasteiger partial charge in [0.2, 0.25) is 12.8 Å². The summed E-state index contributed by atoms with van der Waals surface area (Å²) in [6, 6.07) is 17.0. The fraction of sp³-hybridized carbons (Fsp3) is 0.462. The predicted octanol–water partition coefficient (Wildman–Crippen LogP) is 3.91. The first-order valence-electron chi connectivity index (χ1n) is 17.4. The Kier molecular flexibility index (Phi) is 19.6. The third-order valence-corrected chi connectivity index (χ3v) is 8.08. The number of carbonyl (C=O) groups is 3. The topological polar surface area (TPSA) is 142 Å². The van der Waals surface area contributed by atoms with Gasteiger partial charge in [-0.15, -0.1) is 0 Å². The van der Waals surface area contributed by atoms with Crippen LogP contribution in [0, 0.1) is 25.5 Å². The first-order valence-corrected chi connectivity index (χ1v) is 17.4. The number of aryl methyl sites for hydroxylation is 2. The first-order chi connectivity index (χ1) is 24.4. The van der Waals surface area contributed by atoms with E-state index in [4.69, 9.17) is 0 Å². The molecule has 3 rings (SSSR count). The number of nitrogens with zero attached hydrogens (tertiary/aromatic N) is 2. The van der Waals surface area contributed by atoms with Crippen molar-refractivity contribution in [3.8, 4) is 0 Å². The zero-order valence-corrected chi connectivity index (χ0v) is 30.1. The lowest BCUT2D eigenvalue weighted by Gasteiger charge is -2.29. The summed E-state index contributed by atoms with van der Waals surface area (Å²) in [5, 5.41) is 35.3. The molecule has 5 N–H and O–H groups in total. The Bertz CT molecular complexity index is 1430. The lowest BCUT2D eigenvalue weighted by molar-refractivity contribution is -0.119. The smallest absolute Gasteiger partial charge is 0.253 e. The normalized spacial score (nSPS) is 13.2. The maximum absolute atomic E-state index is 13.5. The van der Waals surface area contributed by atoms with E-state index in [-0.39, 0.29) is 37.4 Å². The maximum Gasteiger partial charge on any atom is 0.253 e. The molecule has 3 aromatic rings. The Hall–Kier alpha value is -4.23. The molecule has 0 heterocycles. The molecule has 51 heavy (non-hydrogen) atoms. The van der Waals surface area contributed by atoms with Gasteiger partial charge in [-0.2, -0.15) is 0 Å². The van der Waals surface area contributed by atoms with Crippen LogP contribution in [0.15, 0.2) is 66.7 Å². The molecule has 280 valence electrons. The second-order valence-electron chi connectivity index (χ2n) is 12.8. The summed E-state index contributed by atoms with van der Waals surface area (Å²) < 4.78 is 27.0. The predicted molar refractivity (Wildman–Crippen MR) is 194 cm³/mol. The van der Waals surface area contributed by atoms with E-state index in [1.165, 1.54) is 4.90 Å². The van der Waals surface area contributed by atoms with E-state index in [0.717, 1.165) is 66.4 Å². The van der Waals surface area contributed by atoms with Crippen molar-refractivity contribution in [1.82, 2.24) is 20.4 Å². The highest BCUT2D eigenvalue weighted by atomic mass is 19.1. The number of amides is 3. The van der Waals surface area contributed by atoms with Gasteiger partial charge in [0.05, 0.1) is 24.9 Å². The summed E-state index contributed by atoms with van der Waals surface area (Å²) in [5.74, 6) is -1.36. The third-order valence-electron chi connectivity index (χ3n) is 8.08. The molecular weight excluding hydrogens is 658 g/mol. The van der Waals surface area contributed by atoms with Crippen molar-refractivity contribution < 1.29 is 38.5 Å². The SMILES string of the molecule is CCCN(CCC)C(=O)c1cc(C)cc(C)c1.O=CN[C@@H](Cc1cc(F)cc(F)c1)[C@H](O)CNC(CC(O)CO)CN(C=O)Cc1ccccc1. The molecule has 0 saturated heterocycles. The van der Waals surface area contributed by atoms with E-state index in [0.29, 0.717) is 19.4 Å². The van der Waals surface area contributed by atoms with Gasteiger partial charge >= 0.3 is 0 Å². The van der Waals surface area contributed by atoms with Crippen LogP contribution < -0.4 is 10.6 Å². The van der Waals surface area contributed by atoms with Gasteiger partial charge in [-0.3, -0.25) is 14.4 Å². The molecule has 0 radical (unpaired) electrons. The number of benzene rings is 3. The summed E-state index contributed by atoms with van der Waals surface area (Å²) in [6.45, 7) is 9.98. The molecule has 3 amide bonds. The second kappa shape index (κ2) is 23.3. The summed E-state index contributed by atoms with van der Waals surface area (Å²) in [7, 11) is 0. The number of nitrogens with one attached hydrogen (secondary N) is 2. The minimum atomic E-state index is -1.15. The molecule has 0 bridgehead atoms. The lowest BCUT2D eigenvalue weighted by atomic mass is 10.0. The Morgan fingerprint density at radius 1 is 0.882 bits per heavy atom. The maximum atomic E-state index is 13.5. The van der Waals surface area contributed by atoms with Gasteiger partial charge in [-0.25, -0.2) is 8.78 Å². The van der Waals surface area contributed by atoms with Crippen LogP contribution in [0.4, 0.5) is 8.78 Å². The van der Waals surface area contributed by atoms with Crippen molar-refractivity contribution in [1.29, 1.82) is 0 Å². The highest BCUT2D eigenvalue weighted by Crippen LogP contribution is 2.14. The van der Waals surface area contributed by atoms with E-state index in [9.17, 15) is 38.5 Å². The second-order valence-corrected chi connectivity index (χ2v) is 12.8. The van der Waals surface area contributed by atoms with Crippen LogP contribution in [0.5, 0.6) is 0 Å². The molecular formula is C39H54F2N4O6. The molecule has 0 saturated carbocycles. The Morgan fingerprint density at radius 3 is 2.02 bits per heavy atom. The van der Waals surface area contributed by atoms with Gasteiger partial charge in [-0.1, -0.05) is 61.4 Å². The molecule has 3 aromatic carbocycles. The average Bonchev–Trinajstić information content (AvgIpc) is 3.09. The molecule has 0 fully saturated rings. The third kappa shape index (κ3) is 16.1. The zero-order valence-electron chi connectivity index (χ0n) is 30.1. The molecule has 0 spiro atoms. The number of hydrogen-bond acceptors (Lipinski definition) is 7. The first kappa shape index (κ1) is 42.9. The summed E-state index contributed by atoms with van der Waals surface area (Å²) in [4.78, 5) is 38.5. The largest absolute Gasteiger partial charge is 0.394 e.